The molecule has 0 aromatic heterocycles. The van der Waals surface area contributed by atoms with Crippen LogP contribution >= 0.6 is 0 Å². The minimum absolute atomic E-state index is 0.325. The van der Waals surface area contributed by atoms with Gasteiger partial charge in [0.1, 0.15) is 0 Å². The van der Waals surface area contributed by atoms with Gasteiger partial charge < -0.3 is 4.74 Å². The summed E-state index contributed by atoms with van der Waals surface area (Å²) in [4.78, 5) is 11.3. The number of allylic oxidation sites excluding steroid dienone is 1. The van der Waals surface area contributed by atoms with Gasteiger partial charge in [0, 0.05) is 11.5 Å². The molecular formula is C18H20O2. The SMILES string of the molecule is CCCCC1C=Cc2ccccc2C1=C=CC(=O)OC. The summed E-state index contributed by atoms with van der Waals surface area (Å²) in [7, 11) is 1.38. The molecule has 1 aliphatic rings. The fourth-order valence-corrected chi connectivity index (χ4v) is 2.45. The monoisotopic (exact) mass is 268 g/mol. The maximum absolute atomic E-state index is 11.3. The molecule has 104 valence electrons. The fourth-order valence-electron chi connectivity index (χ4n) is 2.45. The number of hydrogen-bond donors (Lipinski definition) is 0. The van der Waals surface area contributed by atoms with Crippen molar-refractivity contribution in [2.75, 3.05) is 7.11 Å². The normalized spacial score (nSPS) is 16.3. The lowest BCUT2D eigenvalue weighted by atomic mass is 9.82. The highest BCUT2D eigenvalue weighted by molar-refractivity contribution is 5.86. The van der Waals surface area contributed by atoms with Gasteiger partial charge in [0.2, 0.25) is 0 Å². The first kappa shape index (κ1) is 14.4. The zero-order chi connectivity index (χ0) is 14.4. The molecule has 0 saturated carbocycles. The lowest BCUT2D eigenvalue weighted by molar-refractivity contribution is -0.134. The van der Waals surface area contributed by atoms with Gasteiger partial charge in [-0.05, 0) is 17.5 Å². The third kappa shape index (κ3) is 3.28. The topological polar surface area (TPSA) is 26.3 Å². The third-order valence-corrected chi connectivity index (χ3v) is 3.55. The first-order chi connectivity index (χ1) is 9.76. The van der Waals surface area contributed by atoms with Gasteiger partial charge >= 0.3 is 5.97 Å². The molecule has 1 aliphatic carbocycles. The van der Waals surface area contributed by atoms with E-state index in [1.165, 1.54) is 31.6 Å². The highest BCUT2D eigenvalue weighted by Crippen LogP contribution is 2.35. The molecule has 0 N–H and O–H groups in total. The zero-order valence-corrected chi connectivity index (χ0v) is 12.1. The number of unbranched alkanes of at least 4 members (excludes halogenated alkanes) is 1. The molecule has 2 nitrogen and oxygen atoms in total. The molecule has 0 fully saturated rings. The predicted molar refractivity (Wildman–Crippen MR) is 82.0 cm³/mol. The van der Waals surface area contributed by atoms with Gasteiger partial charge in [0.05, 0.1) is 13.2 Å². The van der Waals surface area contributed by atoms with Crippen molar-refractivity contribution >= 4 is 17.6 Å². The number of carbonyl (C=O) groups excluding carboxylic acids is 1. The molecule has 2 rings (SSSR count). The van der Waals surface area contributed by atoms with Crippen LogP contribution in [0.1, 0.15) is 37.3 Å². The van der Waals surface area contributed by atoms with E-state index < -0.39 is 0 Å². The van der Waals surface area contributed by atoms with Crippen LogP contribution in [0.15, 0.2) is 42.1 Å². The molecule has 1 aromatic carbocycles. The Morgan fingerprint density at radius 1 is 1.40 bits per heavy atom. The van der Waals surface area contributed by atoms with Crippen LogP contribution in [0, 0.1) is 5.92 Å². The van der Waals surface area contributed by atoms with Gasteiger partial charge in [0.15, 0.2) is 0 Å². The van der Waals surface area contributed by atoms with E-state index in [1.54, 1.807) is 0 Å². The number of hydrogen-bond acceptors (Lipinski definition) is 2. The van der Waals surface area contributed by atoms with Crippen molar-refractivity contribution < 1.29 is 9.53 Å². The highest BCUT2D eigenvalue weighted by Gasteiger charge is 2.18. The maximum Gasteiger partial charge on any atom is 0.338 e. The van der Waals surface area contributed by atoms with E-state index in [4.69, 9.17) is 0 Å². The molecule has 0 bridgehead atoms. The molecule has 1 unspecified atom stereocenters. The van der Waals surface area contributed by atoms with Crippen molar-refractivity contribution in [3.05, 3.63) is 53.3 Å². The molecule has 20 heavy (non-hydrogen) atoms. The lowest BCUT2D eigenvalue weighted by Crippen LogP contribution is -2.06. The summed E-state index contributed by atoms with van der Waals surface area (Å²) in [5, 5.41) is 0. The Morgan fingerprint density at radius 2 is 2.20 bits per heavy atom. The molecule has 0 saturated heterocycles. The summed E-state index contributed by atoms with van der Waals surface area (Å²) in [5.41, 5.74) is 6.58. The van der Waals surface area contributed by atoms with Crippen LogP contribution in [0.5, 0.6) is 0 Å². The van der Waals surface area contributed by atoms with E-state index in [0.717, 1.165) is 17.6 Å². The predicted octanol–water partition coefficient (Wildman–Crippen LogP) is 4.23. The van der Waals surface area contributed by atoms with Crippen LogP contribution in [-0.4, -0.2) is 13.1 Å². The Morgan fingerprint density at radius 3 is 2.95 bits per heavy atom. The summed E-state index contributed by atoms with van der Waals surface area (Å²) >= 11 is 0. The van der Waals surface area contributed by atoms with Crippen LogP contribution in [0.3, 0.4) is 0 Å². The largest absolute Gasteiger partial charge is 0.465 e. The first-order valence-electron chi connectivity index (χ1n) is 7.08. The van der Waals surface area contributed by atoms with Crippen LogP contribution in [0.2, 0.25) is 0 Å². The lowest BCUT2D eigenvalue weighted by Gasteiger charge is -2.21. The molecule has 1 aromatic rings. The summed E-state index contributed by atoms with van der Waals surface area (Å²) in [5.74, 6) is -0.0375. The molecular weight excluding hydrogens is 248 g/mol. The van der Waals surface area contributed by atoms with Crippen molar-refractivity contribution in [2.45, 2.75) is 26.2 Å². The third-order valence-electron chi connectivity index (χ3n) is 3.55. The minimum Gasteiger partial charge on any atom is -0.465 e. The van der Waals surface area contributed by atoms with Crippen LogP contribution in [0.4, 0.5) is 0 Å². The van der Waals surface area contributed by atoms with E-state index in [2.05, 4.69) is 41.7 Å². The van der Waals surface area contributed by atoms with Crippen LogP contribution in [0.25, 0.3) is 11.6 Å². The molecule has 0 radical (unpaired) electrons. The minimum atomic E-state index is -0.362. The zero-order valence-electron chi connectivity index (χ0n) is 12.1. The average molecular weight is 268 g/mol. The Bertz CT molecular complexity index is 575. The van der Waals surface area contributed by atoms with Gasteiger partial charge in [-0.25, -0.2) is 4.79 Å². The summed E-state index contributed by atoms with van der Waals surface area (Å²) in [6.07, 6.45) is 9.19. The van der Waals surface area contributed by atoms with Crippen molar-refractivity contribution in [3.8, 4) is 0 Å². The number of benzene rings is 1. The quantitative estimate of drug-likeness (QED) is 0.464. The van der Waals surface area contributed by atoms with E-state index in [-0.39, 0.29) is 5.97 Å². The maximum atomic E-state index is 11.3. The van der Waals surface area contributed by atoms with Crippen molar-refractivity contribution in [1.82, 2.24) is 0 Å². The summed E-state index contributed by atoms with van der Waals surface area (Å²) in [6.45, 7) is 2.19. The number of carbonyl (C=O) groups is 1. The van der Waals surface area contributed by atoms with Crippen LogP contribution < -0.4 is 0 Å². The highest BCUT2D eigenvalue weighted by atomic mass is 16.5. The van der Waals surface area contributed by atoms with E-state index in [9.17, 15) is 4.79 Å². The number of methoxy groups -OCH3 is 1. The number of fused-ring (bicyclic) bond motifs is 1. The Hall–Kier alpha value is -2.05. The van der Waals surface area contributed by atoms with Crippen molar-refractivity contribution in [1.29, 1.82) is 0 Å². The van der Waals surface area contributed by atoms with Gasteiger partial charge in [-0.2, -0.15) is 0 Å². The first-order valence-corrected chi connectivity index (χ1v) is 7.08. The van der Waals surface area contributed by atoms with E-state index in [1.807, 2.05) is 12.1 Å². The van der Waals surface area contributed by atoms with Gasteiger partial charge in [0.25, 0.3) is 0 Å². The number of ether oxygens (including phenoxy) is 1. The second-order valence-electron chi connectivity index (χ2n) is 4.92. The molecule has 1 atom stereocenters. The average Bonchev–Trinajstić information content (AvgIpc) is 2.50. The second-order valence-corrected chi connectivity index (χ2v) is 4.92. The standard InChI is InChI=1S/C18H20O2/c1-3-4-7-14-10-11-15-8-5-6-9-16(15)17(14)12-13-18(19)20-2/h5-6,8-11,13-14H,3-4,7H2,1-2H3. The summed E-state index contributed by atoms with van der Waals surface area (Å²) < 4.78 is 4.66. The second kappa shape index (κ2) is 6.93. The van der Waals surface area contributed by atoms with Crippen molar-refractivity contribution in [3.63, 3.8) is 0 Å². The Balaban J connectivity index is 2.41. The van der Waals surface area contributed by atoms with Crippen LogP contribution in [-0.2, 0) is 9.53 Å². The van der Waals surface area contributed by atoms with E-state index >= 15 is 0 Å². The van der Waals surface area contributed by atoms with Gasteiger partial charge in [-0.15, -0.1) is 5.73 Å². The van der Waals surface area contributed by atoms with Gasteiger partial charge in [-0.3, -0.25) is 0 Å². The molecule has 0 spiro atoms. The Labute approximate surface area is 120 Å². The number of rotatable bonds is 4. The number of esters is 1. The van der Waals surface area contributed by atoms with E-state index in [0.29, 0.717) is 5.92 Å². The molecule has 2 heteroatoms. The smallest absolute Gasteiger partial charge is 0.338 e. The molecule has 0 aliphatic heterocycles. The Kier molecular flexibility index (Phi) is 4.97. The summed E-state index contributed by atoms with van der Waals surface area (Å²) in [6, 6.07) is 8.22. The van der Waals surface area contributed by atoms with Gasteiger partial charge in [-0.1, -0.05) is 56.2 Å². The molecule has 0 heterocycles. The molecule has 0 amide bonds. The fraction of sp³-hybridized carbons (Fsp3) is 0.333. The van der Waals surface area contributed by atoms with Crippen molar-refractivity contribution in [2.24, 2.45) is 5.92 Å².